The second-order valence-corrected chi connectivity index (χ2v) is 8.43. The molecule has 0 aliphatic heterocycles. The molecule has 0 fully saturated rings. The highest BCUT2D eigenvalue weighted by Gasteiger charge is 2.02. The fourth-order valence-corrected chi connectivity index (χ4v) is 3.79. The number of anilines is 2. The molecule has 0 unspecified atom stereocenters. The first-order valence-corrected chi connectivity index (χ1v) is 10.9. The van der Waals surface area contributed by atoms with E-state index in [0.717, 1.165) is 0 Å². The van der Waals surface area contributed by atoms with Gasteiger partial charge in [0.05, 0.1) is 0 Å². The molecule has 0 saturated heterocycles. The van der Waals surface area contributed by atoms with E-state index in [2.05, 4.69) is 147 Å². The van der Waals surface area contributed by atoms with Crippen molar-refractivity contribution in [1.82, 2.24) is 0 Å². The third kappa shape index (κ3) is 4.92. The second-order valence-electron chi connectivity index (χ2n) is 8.43. The number of hydrogen-bond acceptors (Lipinski definition) is 2. The van der Waals surface area contributed by atoms with Gasteiger partial charge < -0.3 is 9.80 Å². The van der Waals surface area contributed by atoms with Crippen molar-refractivity contribution in [2.24, 2.45) is 0 Å². The van der Waals surface area contributed by atoms with Gasteiger partial charge in [0.2, 0.25) is 0 Å². The fraction of sp³-hybridized carbons (Fsp3) is 0.133. The first-order valence-electron chi connectivity index (χ1n) is 10.9. The van der Waals surface area contributed by atoms with Gasteiger partial charge in [-0.25, -0.2) is 0 Å². The van der Waals surface area contributed by atoms with Crippen molar-refractivity contribution in [2.45, 2.75) is 0 Å². The highest BCUT2D eigenvalue weighted by molar-refractivity contribution is 5.98. The Balaban J connectivity index is 1.61. The van der Waals surface area contributed by atoms with Crippen LogP contribution in [0.5, 0.6) is 0 Å². The Morgan fingerprint density at radius 2 is 0.812 bits per heavy atom. The lowest BCUT2D eigenvalue weighted by atomic mass is 9.98. The molecule has 160 valence electrons. The molecule has 0 atom stereocenters. The molecule has 0 amide bonds. The summed E-state index contributed by atoms with van der Waals surface area (Å²) in [5.74, 6) is 0. The number of benzene rings is 4. The molecule has 32 heavy (non-hydrogen) atoms. The average Bonchev–Trinajstić information content (AvgIpc) is 2.81. The van der Waals surface area contributed by atoms with E-state index in [-0.39, 0.29) is 0 Å². The molecule has 0 aliphatic carbocycles. The summed E-state index contributed by atoms with van der Waals surface area (Å²) in [5, 5.41) is 2.53. The van der Waals surface area contributed by atoms with Crippen molar-refractivity contribution in [3.8, 4) is 0 Å². The van der Waals surface area contributed by atoms with Crippen molar-refractivity contribution < 1.29 is 0 Å². The Hall–Kier alpha value is -3.78. The minimum Gasteiger partial charge on any atom is -0.378 e. The van der Waals surface area contributed by atoms with E-state index in [1.807, 2.05) is 0 Å². The Bertz CT molecular complexity index is 1140. The van der Waals surface area contributed by atoms with Gasteiger partial charge in [-0.3, -0.25) is 0 Å². The van der Waals surface area contributed by atoms with E-state index in [1.54, 1.807) is 0 Å². The van der Waals surface area contributed by atoms with E-state index >= 15 is 0 Å². The number of hydrogen-bond donors (Lipinski definition) is 0. The number of fused-ring (bicyclic) bond motifs is 1. The van der Waals surface area contributed by atoms with Crippen LogP contribution in [0.3, 0.4) is 0 Å². The number of nitrogens with zero attached hydrogens (tertiary/aromatic N) is 2. The topological polar surface area (TPSA) is 6.48 Å². The molecule has 4 aromatic rings. The molecule has 2 nitrogen and oxygen atoms in total. The Labute approximate surface area is 191 Å². The van der Waals surface area contributed by atoms with E-state index in [0.29, 0.717) is 0 Å². The predicted octanol–water partition coefficient (Wildman–Crippen LogP) is 7.31. The monoisotopic (exact) mass is 418 g/mol. The van der Waals surface area contributed by atoms with Gasteiger partial charge >= 0.3 is 0 Å². The first kappa shape index (κ1) is 21.5. The molecule has 4 rings (SSSR count). The summed E-state index contributed by atoms with van der Waals surface area (Å²) in [7, 11) is 8.25. The maximum absolute atomic E-state index is 2.21. The van der Waals surface area contributed by atoms with Crippen LogP contribution in [0.4, 0.5) is 11.4 Å². The highest BCUT2D eigenvalue weighted by atomic mass is 15.1. The summed E-state index contributed by atoms with van der Waals surface area (Å²) in [5.41, 5.74) is 7.27. The van der Waals surface area contributed by atoms with E-state index in [9.17, 15) is 0 Å². The molecule has 2 heteroatoms. The van der Waals surface area contributed by atoms with Crippen LogP contribution >= 0.6 is 0 Å². The van der Waals surface area contributed by atoms with Gasteiger partial charge in [-0.15, -0.1) is 0 Å². The normalized spacial score (nSPS) is 11.5. The van der Waals surface area contributed by atoms with Crippen molar-refractivity contribution in [3.63, 3.8) is 0 Å². The minimum atomic E-state index is 1.20. The van der Waals surface area contributed by atoms with E-state index in [1.165, 1.54) is 44.4 Å². The van der Waals surface area contributed by atoms with Gasteiger partial charge in [0, 0.05) is 39.6 Å². The second kappa shape index (κ2) is 9.57. The molecule has 0 aliphatic rings. The first-order chi connectivity index (χ1) is 15.5. The van der Waals surface area contributed by atoms with Crippen LogP contribution in [0, 0.1) is 0 Å². The molecule has 0 aromatic heterocycles. The molecule has 4 aromatic carbocycles. The van der Waals surface area contributed by atoms with Crippen LogP contribution < -0.4 is 9.80 Å². The molecule has 0 N–H and O–H groups in total. The molecule has 0 radical (unpaired) electrons. The molecule has 0 spiro atoms. The van der Waals surface area contributed by atoms with Crippen LogP contribution in [0.2, 0.25) is 0 Å². The van der Waals surface area contributed by atoms with E-state index < -0.39 is 0 Å². The van der Waals surface area contributed by atoms with Crippen molar-refractivity contribution in [1.29, 1.82) is 0 Å². The minimum absolute atomic E-state index is 1.20. The smallest absolute Gasteiger partial charge is 0.0361 e. The predicted molar refractivity (Wildman–Crippen MR) is 143 cm³/mol. The lowest BCUT2D eigenvalue weighted by Crippen LogP contribution is -2.07. The SMILES string of the molecule is CN(C)c1ccc(C=Cc2cccc3c(C=Cc4ccc(N(C)C)cc4)cccc23)cc1. The number of rotatable bonds is 6. The maximum Gasteiger partial charge on any atom is 0.0361 e. The van der Waals surface area contributed by atoms with Crippen molar-refractivity contribution in [2.75, 3.05) is 38.0 Å². The quantitative estimate of drug-likeness (QED) is 0.303. The standard InChI is InChI=1S/C30H30N2/c1-31(2)27-19-13-23(14-20-27)11-17-25-7-5-10-30-26(8-6-9-29(25)30)18-12-24-15-21-28(22-16-24)32(3)4/h5-22H,1-4H3. The van der Waals surface area contributed by atoms with Gasteiger partial charge in [-0.1, -0.05) is 85.0 Å². The third-order valence-electron chi connectivity index (χ3n) is 5.72. The summed E-state index contributed by atoms with van der Waals surface area (Å²) in [6.45, 7) is 0. The fourth-order valence-electron chi connectivity index (χ4n) is 3.79. The molecule has 0 heterocycles. The summed E-state index contributed by atoms with van der Waals surface area (Å²) in [6, 6.07) is 30.3. The largest absolute Gasteiger partial charge is 0.378 e. The van der Waals surface area contributed by atoms with Crippen LogP contribution in [0.15, 0.2) is 84.9 Å². The van der Waals surface area contributed by atoms with Gasteiger partial charge in [-0.2, -0.15) is 0 Å². The van der Waals surface area contributed by atoms with Crippen molar-refractivity contribution >= 4 is 46.5 Å². The van der Waals surface area contributed by atoms with Gasteiger partial charge in [0.1, 0.15) is 0 Å². The Kier molecular flexibility index (Phi) is 6.42. The molecular formula is C30H30N2. The average molecular weight is 419 g/mol. The van der Waals surface area contributed by atoms with Crippen LogP contribution in [-0.2, 0) is 0 Å². The third-order valence-corrected chi connectivity index (χ3v) is 5.72. The van der Waals surface area contributed by atoms with Crippen LogP contribution in [0.1, 0.15) is 22.3 Å². The van der Waals surface area contributed by atoms with Gasteiger partial charge in [0.25, 0.3) is 0 Å². The Morgan fingerprint density at radius 1 is 0.438 bits per heavy atom. The molecular weight excluding hydrogens is 388 g/mol. The zero-order valence-electron chi connectivity index (χ0n) is 19.3. The summed E-state index contributed by atoms with van der Waals surface area (Å²) < 4.78 is 0. The maximum atomic E-state index is 2.21. The summed E-state index contributed by atoms with van der Waals surface area (Å²) in [6.07, 6.45) is 8.78. The zero-order valence-corrected chi connectivity index (χ0v) is 19.3. The van der Waals surface area contributed by atoms with E-state index in [4.69, 9.17) is 0 Å². The van der Waals surface area contributed by atoms with Crippen LogP contribution in [-0.4, -0.2) is 28.2 Å². The highest BCUT2D eigenvalue weighted by Crippen LogP contribution is 2.26. The summed E-state index contributed by atoms with van der Waals surface area (Å²) in [4.78, 5) is 4.23. The summed E-state index contributed by atoms with van der Waals surface area (Å²) >= 11 is 0. The lowest BCUT2D eigenvalue weighted by Gasteiger charge is -2.12. The van der Waals surface area contributed by atoms with Crippen molar-refractivity contribution in [3.05, 3.63) is 107 Å². The lowest BCUT2D eigenvalue weighted by molar-refractivity contribution is 1.13. The van der Waals surface area contributed by atoms with Gasteiger partial charge in [0.15, 0.2) is 0 Å². The van der Waals surface area contributed by atoms with Crippen LogP contribution in [0.25, 0.3) is 35.1 Å². The molecule has 0 bridgehead atoms. The Morgan fingerprint density at radius 3 is 1.16 bits per heavy atom. The molecule has 0 saturated carbocycles. The van der Waals surface area contributed by atoms with Gasteiger partial charge in [-0.05, 0) is 57.3 Å². The zero-order chi connectivity index (χ0) is 22.5.